The van der Waals surface area contributed by atoms with Gasteiger partial charge >= 0.3 is 5.97 Å². The van der Waals surface area contributed by atoms with Crippen molar-refractivity contribution >= 4 is 11.9 Å². The summed E-state index contributed by atoms with van der Waals surface area (Å²) < 4.78 is 5.70. The van der Waals surface area contributed by atoms with E-state index in [0.717, 1.165) is 32.3 Å². The minimum atomic E-state index is -0.986. The summed E-state index contributed by atoms with van der Waals surface area (Å²) in [5.41, 5.74) is 0.689. The molecule has 0 aromatic heterocycles. The molecule has 1 heterocycles. The lowest BCUT2D eigenvalue weighted by Gasteiger charge is -2.33. The summed E-state index contributed by atoms with van der Waals surface area (Å²) in [7, 11) is 0. The molecular weight excluding hydrogens is 270 g/mol. The molecule has 112 valence electrons. The van der Waals surface area contributed by atoms with E-state index in [2.05, 4.69) is 5.32 Å². The fourth-order valence-corrected chi connectivity index (χ4v) is 3.37. The Hall–Kier alpha value is -1.88. The van der Waals surface area contributed by atoms with Crippen molar-refractivity contribution in [2.24, 2.45) is 5.92 Å². The largest absolute Gasteiger partial charge is 0.478 e. The number of aromatic carboxylic acids is 1. The van der Waals surface area contributed by atoms with Gasteiger partial charge in [-0.25, -0.2) is 4.79 Å². The fraction of sp³-hybridized carbons (Fsp3) is 0.500. The first-order chi connectivity index (χ1) is 10.1. The number of hydrogen-bond acceptors (Lipinski definition) is 3. The van der Waals surface area contributed by atoms with E-state index in [0.29, 0.717) is 17.6 Å². The second kappa shape index (κ2) is 5.85. The molecule has 1 aliphatic carbocycles. The molecule has 1 saturated carbocycles. The molecule has 5 heteroatoms. The van der Waals surface area contributed by atoms with Gasteiger partial charge in [0.25, 0.3) is 5.91 Å². The highest BCUT2D eigenvalue weighted by atomic mass is 16.5. The Kier molecular flexibility index (Phi) is 3.92. The van der Waals surface area contributed by atoms with E-state index in [1.165, 1.54) is 12.1 Å². The number of nitrogens with one attached hydrogen (secondary N) is 1. The number of fused-ring (bicyclic) bond motifs is 1. The van der Waals surface area contributed by atoms with Crippen LogP contribution in [0, 0.1) is 5.92 Å². The van der Waals surface area contributed by atoms with E-state index in [1.54, 1.807) is 12.1 Å². The molecular formula is C16H19NO4. The molecule has 1 aromatic rings. The quantitative estimate of drug-likeness (QED) is 0.893. The van der Waals surface area contributed by atoms with Gasteiger partial charge in [-0.3, -0.25) is 4.79 Å². The van der Waals surface area contributed by atoms with Crippen molar-refractivity contribution in [3.63, 3.8) is 0 Å². The van der Waals surface area contributed by atoms with Crippen molar-refractivity contribution in [3.05, 3.63) is 35.4 Å². The molecule has 2 fully saturated rings. The number of benzene rings is 1. The van der Waals surface area contributed by atoms with E-state index in [-0.39, 0.29) is 17.5 Å². The molecule has 0 bridgehead atoms. The fourth-order valence-electron chi connectivity index (χ4n) is 3.37. The SMILES string of the molecule is O=C(O)c1ccc(C(=O)N[C@@H]2CCC[C@@H]3OCC[C@H]32)cc1. The Morgan fingerprint density at radius 3 is 2.52 bits per heavy atom. The molecule has 0 spiro atoms. The lowest BCUT2D eigenvalue weighted by atomic mass is 9.81. The minimum Gasteiger partial charge on any atom is -0.478 e. The molecule has 2 aliphatic rings. The van der Waals surface area contributed by atoms with Crippen LogP contribution in [0.2, 0.25) is 0 Å². The average Bonchev–Trinajstić information content (AvgIpc) is 2.97. The zero-order chi connectivity index (χ0) is 14.8. The second-order valence-electron chi connectivity index (χ2n) is 5.76. The van der Waals surface area contributed by atoms with E-state index < -0.39 is 5.97 Å². The van der Waals surface area contributed by atoms with E-state index in [9.17, 15) is 9.59 Å². The highest BCUT2D eigenvalue weighted by Gasteiger charge is 2.38. The summed E-state index contributed by atoms with van der Waals surface area (Å²) in [4.78, 5) is 23.1. The maximum atomic E-state index is 12.3. The third-order valence-electron chi connectivity index (χ3n) is 4.49. The van der Waals surface area contributed by atoms with Gasteiger partial charge in [0, 0.05) is 24.1 Å². The maximum absolute atomic E-state index is 12.3. The van der Waals surface area contributed by atoms with Crippen LogP contribution < -0.4 is 5.32 Å². The number of amides is 1. The highest BCUT2D eigenvalue weighted by Crippen LogP contribution is 2.34. The van der Waals surface area contributed by atoms with Gasteiger partial charge < -0.3 is 15.2 Å². The summed E-state index contributed by atoms with van der Waals surface area (Å²) >= 11 is 0. The molecule has 0 radical (unpaired) electrons. The minimum absolute atomic E-state index is 0.135. The van der Waals surface area contributed by atoms with Crippen LogP contribution in [-0.2, 0) is 4.74 Å². The van der Waals surface area contributed by atoms with Gasteiger partial charge in [0.1, 0.15) is 0 Å². The van der Waals surface area contributed by atoms with Crippen LogP contribution in [0.3, 0.4) is 0 Å². The lowest BCUT2D eigenvalue weighted by Crippen LogP contribution is -2.45. The van der Waals surface area contributed by atoms with Gasteiger partial charge in [-0.1, -0.05) is 0 Å². The number of carbonyl (C=O) groups is 2. The molecule has 3 rings (SSSR count). The van der Waals surface area contributed by atoms with Gasteiger partial charge in [-0.15, -0.1) is 0 Å². The molecule has 3 atom stereocenters. The number of rotatable bonds is 3. The van der Waals surface area contributed by atoms with Crippen LogP contribution >= 0.6 is 0 Å². The Bertz CT molecular complexity index is 540. The summed E-state index contributed by atoms with van der Waals surface area (Å²) in [6, 6.07) is 6.20. The van der Waals surface area contributed by atoms with Gasteiger partial charge in [0.15, 0.2) is 0 Å². The molecule has 1 aromatic carbocycles. The van der Waals surface area contributed by atoms with Crippen LogP contribution in [0.4, 0.5) is 0 Å². The number of ether oxygens (including phenoxy) is 1. The molecule has 1 amide bonds. The van der Waals surface area contributed by atoms with E-state index >= 15 is 0 Å². The maximum Gasteiger partial charge on any atom is 0.335 e. The van der Waals surface area contributed by atoms with E-state index in [4.69, 9.17) is 9.84 Å². The first-order valence-electron chi connectivity index (χ1n) is 7.41. The van der Waals surface area contributed by atoms with Crippen LogP contribution in [-0.4, -0.2) is 35.7 Å². The predicted molar refractivity (Wildman–Crippen MR) is 76.4 cm³/mol. The number of hydrogen-bond donors (Lipinski definition) is 2. The second-order valence-corrected chi connectivity index (χ2v) is 5.76. The van der Waals surface area contributed by atoms with Crippen molar-refractivity contribution in [3.8, 4) is 0 Å². The van der Waals surface area contributed by atoms with Crippen molar-refractivity contribution in [2.45, 2.75) is 37.8 Å². The lowest BCUT2D eigenvalue weighted by molar-refractivity contribution is 0.0510. The van der Waals surface area contributed by atoms with Crippen LogP contribution in [0.5, 0.6) is 0 Å². The highest BCUT2D eigenvalue weighted by molar-refractivity contribution is 5.96. The van der Waals surface area contributed by atoms with Crippen LogP contribution in [0.1, 0.15) is 46.4 Å². The Morgan fingerprint density at radius 2 is 1.81 bits per heavy atom. The van der Waals surface area contributed by atoms with Crippen LogP contribution in [0.15, 0.2) is 24.3 Å². The standard InChI is InChI=1S/C16H19NO4/c18-15(10-4-6-11(7-5-10)16(19)20)17-13-2-1-3-14-12(13)8-9-21-14/h4-7,12-14H,1-3,8-9H2,(H,17,18)(H,19,20)/t12-,13+,14-/m0/s1. The Labute approximate surface area is 123 Å². The average molecular weight is 289 g/mol. The number of carboxylic acid groups (broad SMARTS) is 1. The van der Waals surface area contributed by atoms with Gasteiger partial charge in [-0.05, 0) is 49.9 Å². The molecule has 0 unspecified atom stereocenters. The molecule has 5 nitrogen and oxygen atoms in total. The zero-order valence-electron chi connectivity index (χ0n) is 11.7. The Morgan fingerprint density at radius 1 is 1.10 bits per heavy atom. The number of carbonyl (C=O) groups excluding carboxylic acids is 1. The third-order valence-corrected chi connectivity index (χ3v) is 4.49. The normalized spacial score (nSPS) is 27.9. The number of carboxylic acids is 1. The smallest absolute Gasteiger partial charge is 0.335 e. The summed E-state index contributed by atoms with van der Waals surface area (Å²) in [5.74, 6) is -0.703. The van der Waals surface area contributed by atoms with Crippen molar-refractivity contribution in [2.75, 3.05) is 6.61 Å². The third kappa shape index (κ3) is 2.93. The summed E-state index contributed by atoms with van der Waals surface area (Å²) in [6.45, 7) is 0.787. The Balaban J connectivity index is 1.66. The van der Waals surface area contributed by atoms with Crippen molar-refractivity contribution in [1.82, 2.24) is 5.32 Å². The molecule has 2 N–H and O–H groups in total. The van der Waals surface area contributed by atoms with Crippen molar-refractivity contribution < 1.29 is 19.4 Å². The van der Waals surface area contributed by atoms with Gasteiger partial charge in [-0.2, -0.15) is 0 Å². The van der Waals surface area contributed by atoms with Gasteiger partial charge in [0.2, 0.25) is 0 Å². The summed E-state index contributed by atoms with van der Waals surface area (Å²) in [5, 5.41) is 12.0. The predicted octanol–water partition coefficient (Wildman–Crippen LogP) is 2.07. The molecule has 21 heavy (non-hydrogen) atoms. The topological polar surface area (TPSA) is 75.6 Å². The molecule has 1 saturated heterocycles. The summed E-state index contributed by atoms with van der Waals surface area (Å²) in [6.07, 6.45) is 4.45. The van der Waals surface area contributed by atoms with Gasteiger partial charge in [0.05, 0.1) is 11.7 Å². The first kappa shape index (κ1) is 14.1. The monoisotopic (exact) mass is 289 g/mol. The van der Waals surface area contributed by atoms with Crippen molar-refractivity contribution in [1.29, 1.82) is 0 Å². The molecule has 1 aliphatic heterocycles. The first-order valence-corrected chi connectivity index (χ1v) is 7.41. The zero-order valence-corrected chi connectivity index (χ0v) is 11.7. The van der Waals surface area contributed by atoms with Crippen LogP contribution in [0.25, 0.3) is 0 Å². The van der Waals surface area contributed by atoms with E-state index in [1.807, 2.05) is 0 Å².